The third-order valence-electron chi connectivity index (χ3n) is 4.18. The molecular formula is C16H27NO3. The fraction of sp³-hybridized carbons (Fsp3) is 0.750. The Balaban J connectivity index is 2.52. The molecule has 0 saturated heterocycles. The molecule has 4 nitrogen and oxygen atoms in total. The molecule has 0 aromatic rings. The largest absolute Gasteiger partial charge is 0.480 e. The number of allylic oxidation sites excluding steroid dienone is 1. The molecule has 0 aliphatic heterocycles. The van der Waals surface area contributed by atoms with Gasteiger partial charge in [0, 0.05) is 5.92 Å². The Bertz CT molecular complexity index is 346. The lowest BCUT2D eigenvalue weighted by molar-refractivity contribution is -0.142. The Kier molecular flexibility index (Phi) is 7.34. The van der Waals surface area contributed by atoms with E-state index in [-0.39, 0.29) is 11.8 Å². The van der Waals surface area contributed by atoms with E-state index < -0.39 is 12.0 Å². The summed E-state index contributed by atoms with van der Waals surface area (Å²) >= 11 is 0. The Labute approximate surface area is 121 Å². The molecule has 4 heteroatoms. The van der Waals surface area contributed by atoms with Gasteiger partial charge in [-0.1, -0.05) is 44.8 Å². The normalized spacial score (nSPS) is 19.1. The molecule has 2 N–H and O–H groups in total. The van der Waals surface area contributed by atoms with Gasteiger partial charge in [-0.05, 0) is 32.1 Å². The number of rotatable bonds is 8. The highest BCUT2D eigenvalue weighted by atomic mass is 16.4. The van der Waals surface area contributed by atoms with Crippen molar-refractivity contribution in [2.45, 2.75) is 64.8 Å². The molecule has 1 saturated carbocycles. The average Bonchev–Trinajstić information content (AvgIpc) is 2.93. The van der Waals surface area contributed by atoms with Crippen LogP contribution in [0.5, 0.6) is 0 Å². The summed E-state index contributed by atoms with van der Waals surface area (Å²) < 4.78 is 0. The van der Waals surface area contributed by atoms with Crippen molar-refractivity contribution in [1.82, 2.24) is 5.32 Å². The van der Waals surface area contributed by atoms with Gasteiger partial charge in [-0.15, -0.1) is 0 Å². The second-order valence-electron chi connectivity index (χ2n) is 5.70. The zero-order valence-electron chi connectivity index (χ0n) is 12.6. The van der Waals surface area contributed by atoms with Crippen LogP contribution in [-0.4, -0.2) is 23.0 Å². The van der Waals surface area contributed by atoms with Crippen LogP contribution < -0.4 is 5.32 Å². The molecule has 0 aromatic heterocycles. The maximum Gasteiger partial charge on any atom is 0.326 e. The number of amides is 1. The van der Waals surface area contributed by atoms with Crippen molar-refractivity contribution in [2.24, 2.45) is 11.8 Å². The molecule has 114 valence electrons. The predicted molar refractivity (Wildman–Crippen MR) is 79.4 cm³/mol. The molecule has 0 aromatic carbocycles. The van der Waals surface area contributed by atoms with Gasteiger partial charge in [-0.2, -0.15) is 0 Å². The number of carboxylic acids is 1. The van der Waals surface area contributed by atoms with Crippen LogP contribution in [0.1, 0.15) is 58.8 Å². The van der Waals surface area contributed by atoms with Gasteiger partial charge in [0.2, 0.25) is 5.91 Å². The van der Waals surface area contributed by atoms with Crippen molar-refractivity contribution < 1.29 is 14.7 Å². The quantitative estimate of drug-likeness (QED) is 0.672. The summed E-state index contributed by atoms with van der Waals surface area (Å²) in [5.74, 6) is -0.474. The number of hydrogen-bond acceptors (Lipinski definition) is 2. The SMILES string of the molecule is C/C=C/CC(NC(=O)C(CC)CC1CCCC1)C(=O)O. The molecule has 1 amide bonds. The molecule has 0 spiro atoms. The van der Waals surface area contributed by atoms with E-state index in [1.165, 1.54) is 25.7 Å². The van der Waals surface area contributed by atoms with Crippen molar-refractivity contribution in [1.29, 1.82) is 0 Å². The minimum atomic E-state index is -0.966. The van der Waals surface area contributed by atoms with E-state index in [0.717, 1.165) is 12.8 Å². The van der Waals surface area contributed by atoms with E-state index in [9.17, 15) is 9.59 Å². The first-order valence-electron chi connectivity index (χ1n) is 7.72. The van der Waals surface area contributed by atoms with Crippen LogP contribution in [0.4, 0.5) is 0 Å². The fourth-order valence-electron chi connectivity index (χ4n) is 2.89. The minimum Gasteiger partial charge on any atom is -0.480 e. The second-order valence-corrected chi connectivity index (χ2v) is 5.70. The van der Waals surface area contributed by atoms with E-state index in [0.29, 0.717) is 12.3 Å². The Morgan fingerprint density at radius 1 is 1.35 bits per heavy atom. The zero-order valence-corrected chi connectivity index (χ0v) is 12.6. The van der Waals surface area contributed by atoms with Crippen molar-refractivity contribution in [3.8, 4) is 0 Å². The Morgan fingerprint density at radius 2 is 2.00 bits per heavy atom. The van der Waals surface area contributed by atoms with E-state index in [4.69, 9.17) is 5.11 Å². The highest BCUT2D eigenvalue weighted by molar-refractivity contribution is 5.85. The Morgan fingerprint density at radius 3 is 2.50 bits per heavy atom. The lowest BCUT2D eigenvalue weighted by Crippen LogP contribution is -2.43. The van der Waals surface area contributed by atoms with Gasteiger partial charge in [-0.3, -0.25) is 4.79 Å². The summed E-state index contributed by atoms with van der Waals surface area (Å²) in [6, 6.07) is -0.809. The van der Waals surface area contributed by atoms with Crippen molar-refractivity contribution in [3.05, 3.63) is 12.2 Å². The molecule has 0 heterocycles. The summed E-state index contributed by atoms with van der Waals surface area (Å²) in [5, 5.41) is 11.8. The van der Waals surface area contributed by atoms with Crippen LogP contribution in [0.15, 0.2) is 12.2 Å². The fourth-order valence-corrected chi connectivity index (χ4v) is 2.89. The molecule has 0 radical (unpaired) electrons. The molecule has 1 aliphatic rings. The van der Waals surface area contributed by atoms with Gasteiger partial charge in [-0.25, -0.2) is 4.79 Å². The molecule has 20 heavy (non-hydrogen) atoms. The van der Waals surface area contributed by atoms with Crippen LogP contribution in [0.25, 0.3) is 0 Å². The van der Waals surface area contributed by atoms with Gasteiger partial charge in [0.25, 0.3) is 0 Å². The average molecular weight is 281 g/mol. The number of carbonyl (C=O) groups is 2. The van der Waals surface area contributed by atoms with E-state index in [2.05, 4.69) is 5.32 Å². The van der Waals surface area contributed by atoms with Gasteiger partial charge in [0.1, 0.15) is 6.04 Å². The number of carbonyl (C=O) groups excluding carboxylic acids is 1. The minimum absolute atomic E-state index is 0.0504. The second kappa shape index (κ2) is 8.77. The summed E-state index contributed by atoms with van der Waals surface area (Å²) in [6.07, 6.45) is 10.6. The van der Waals surface area contributed by atoms with E-state index >= 15 is 0 Å². The van der Waals surface area contributed by atoms with Gasteiger partial charge in [0.05, 0.1) is 0 Å². The van der Waals surface area contributed by atoms with Crippen molar-refractivity contribution in [2.75, 3.05) is 0 Å². The summed E-state index contributed by atoms with van der Waals surface area (Å²) in [4.78, 5) is 23.4. The summed E-state index contributed by atoms with van der Waals surface area (Å²) in [5.41, 5.74) is 0. The van der Waals surface area contributed by atoms with Gasteiger partial charge in [0.15, 0.2) is 0 Å². The first-order chi connectivity index (χ1) is 9.58. The standard InChI is InChI=1S/C16H27NO3/c1-3-5-10-14(16(19)20)17-15(18)13(4-2)11-12-8-6-7-9-12/h3,5,12-14H,4,6-11H2,1-2H3,(H,17,18)(H,19,20)/b5-3+. The molecular weight excluding hydrogens is 254 g/mol. The molecule has 2 atom stereocenters. The van der Waals surface area contributed by atoms with Crippen LogP contribution >= 0.6 is 0 Å². The lowest BCUT2D eigenvalue weighted by atomic mass is 9.90. The third kappa shape index (κ3) is 5.35. The monoisotopic (exact) mass is 281 g/mol. The molecule has 1 fully saturated rings. The van der Waals surface area contributed by atoms with Crippen LogP contribution in [0, 0.1) is 11.8 Å². The van der Waals surface area contributed by atoms with Gasteiger partial charge >= 0.3 is 5.97 Å². The first-order valence-corrected chi connectivity index (χ1v) is 7.72. The topological polar surface area (TPSA) is 66.4 Å². The zero-order chi connectivity index (χ0) is 15.0. The Hall–Kier alpha value is -1.32. The molecule has 2 unspecified atom stereocenters. The third-order valence-corrected chi connectivity index (χ3v) is 4.18. The van der Waals surface area contributed by atoms with Gasteiger partial charge < -0.3 is 10.4 Å². The number of aliphatic carboxylic acids is 1. The smallest absolute Gasteiger partial charge is 0.326 e. The van der Waals surface area contributed by atoms with Crippen LogP contribution in [0.3, 0.4) is 0 Å². The highest BCUT2D eigenvalue weighted by Gasteiger charge is 2.26. The highest BCUT2D eigenvalue weighted by Crippen LogP contribution is 2.31. The van der Waals surface area contributed by atoms with E-state index in [1.807, 2.05) is 13.8 Å². The summed E-state index contributed by atoms with van der Waals surface area (Å²) in [7, 11) is 0. The van der Waals surface area contributed by atoms with Crippen LogP contribution in [-0.2, 0) is 9.59 Å². The number of hydrogen-bond donors (Lipinski definition) is 2. The lowest BCUT2D eigenvalue weighted by Gasteiger charge is -2.21. The molecule has 1 aliphatic carbocycles. The van der Waals surface area contributed by atoms with E-state index in [1.54, 1.807) is 12.2 Å². The summed E-state index contributed by atoms with van der Waals surface area (Å²) in [6.45, 7) is 3.84. The number of carboxylic acid groups (broad SMARTS) is 1. The molecule has 0 bridgehead atoms. The molecule has 1 rings (SSSR count). The first kappa shape index (κ1) is 16.7. The maximum absolute atomic E-state index is 12.2. The maximum atomic E-state index is 12.2. The predicted octanol–water partition coefficient (Wildman–Crippen LogP) is 3.13. The van der Waals surface area contributed by atoms with Crippen molar-refractivity contribution in [3.63, 3.8) is 0 Å². The van der Waals surface area contributed by atoms with Crippen molar-refractivity contribution >= 4 is 11.9 Å². The van der Waals surface area contributed by atoms with Crippen LogP contribution in [0.2, 0.25) is 0 Å². The number of nitrogens with one attached hydrogen (secondary N) is 1.